The van der Waals surface area contributed by atoms with Crippen molar-refractivity contribution in [2.24, 2.45) is 0 Å². The van der Waals surface area contributed by atoms with Gasteiger partial charge in [-0.3, -0.25) is 9.78 Å². The predicted molar refractivity (Wildman–Crippen MR) is 80.7 cm³/mol. The summed E-state index contributed by atoms with van der Waals surface area (Å²) in [5, 5.41) is 2.54. The van der Waals surface area contributed by atoms with Crippen LogP contribution in [0.3, 0.4) is 0 Å². The number of benzene rings is 1. The number of carbonyl (C=O) groups is 1. The number of nitrogen functional groups attached to an aromatic ring is 1. The van der Waals surface area contributed by atoms with Gasteiger partial charge in [0.05, 0.1) is 5.56 Å². The van der Waals surface area contributed by atoms with Crippen LogP contribution in [0.25, 0.3) is 0 Å². The number of anilines is 1. The summed E-state index contributed by atoms with van der Waals surface area (Å²) in [6.07, 6.45) is -3.32. The minimum atomic E-state index is -4.75. The molecule has 1 aromatic heterocycles. The van der Waals surface area contributed by atoms with E-state index in [1.54, 1.807) is 6.92 Å². The molecule has 23 heavy (non-hydrogen) atoms. The topological polar surface area (TPSA) is 68.0 Å². The zero-order valence-corrected chi connectivity index (χ0v) is 12.4. The predicted octanol–water partition coefficient (Wildman–Crippen LogP) is 3.04. The van der Waals surface area contributed by atoms with Gasteiger partial charge in [-0.1, -0.05) is 30.3 Å². The van der Waals surface area contributed by atoms with Gasteiger partial charge >= 0.3 is 6.18 Å². The molecule has 0 spiro atoms. The molecule has 0 radical (unpaired) electrons. The monoisotopic (exact) mass is 323 g/mol. The summed E-state index contributed by atoms with van der Waals surface area (Å²) < 4.78 is 38.9. The molecule has 0 aliphatic heterocycles. The van der Waals surface area contributed by atoms with Gasteiger partial charge in [-0.25, -0.2) is 0 Å². The van der Waals surface area contributed by atoms with Gasteiger partial charge in [0.1, 0.15) is 0 Å². The Morgan fingerprint density at radius 1 is 1.26 bits per heavy atom. The second kappa shape index (κ2) is 6.68. The first-order valence-corrected chi connectivity index (χ1v) is 6.95. The number of nitrogens with zero attached hydrogens (tertiary/aromatic N) is 1. The molecule has 7 heteroatoms. The molecule has 0 saturated carbocycles. The molecule has 0 aliphatic rings. The standard InChI is InChI=1S/C16H16F3N3O/c1-10(9-11-5-3-2-4-6-11)22-15(23)13-12(20)7-8-21-14(13)16(17,18)19/h2-8,10H,9H2,1H3,(H2,20,21)(H,22,23)/t10-/m1/s1. The van der Waals surface area contributed by atoms with E-state index in [0.29, 0.717) is 6.42 Å². The summed E-state index contributed by atoms with van der Waals surface area (Å²) in [4.78, 5) is 15.5. The van der Waals surface area contributed by atoms with Gasteiger partial charge in [-0.2, -0.15) is 13.2 Å². The quantitative estimate of drug-likeness (QED) is 0.909. The van der Waals surface area contributed by atoms with Crippen LogP contribution in [-0.4, -0.2) is 16.9 Å². The highest BCUT2D eigenvalue weighted by molar-refractivity contribution is 6.00. The SMILES string of the molecule is C[C@H](Cc1ccccc1)NC(=O)c1c(N)ccnc1C(F)(F)F. The molecule has 0 aliphatic carbocycles. The molecular weight excluding hydrogens is 307 g/mol. The Morgan fingerprint density at radius 2 is 1.91 bits per heavy atom. The molecule has 3 N–H and O–H groups in total. The van der Waals surface area contributed by atoms with Crippen molar-refractivity contribution in [1.29, 1.82) is 0 Å². The van der Waals surface area contributed by atoms with Crippen molar-refractivity contribution in [3.05, 3.63) is 59.4 Å². The molecule has 0 bridgehead atoms. The van der Waals surface area contributed by atoms with Gasteiger partial charge in [0, 0.05) is 17.9 Å². The summed E-state index contributed by atoms with van der Waals surface area (Å²) in [7, 11) is 0. The van der Waals surface area contributed by atoms with E-state index in [0.717, 1.165) is 11.8 Å². The third kappa shape index (κ3) is 4.21. The van der Waals surface area contributed by atoms with Crippen LogP contribution in [0, 0.1) is 0 Å². The number of halogens is 3. The fourth-order valence-electron chi connectivity index (χ4n) is 2.24. The number of hydrogen-bond donors (Lipinski definition) is 2. The lowest BCUT2D eigenvalue weighted by atomic mass is 10.1. The van der Waals surface area contributed by atoms with Gasteiger partial charge in [0.2, 0.25) is 0 Å². The van der Waals surface area contributed by atoms with E-state index in [-0.39, 0.29) is 11.7 Å². The molecule has 1 heterocycles. The zero-order chi connectivity index (χ0) is 17.0. The van der Waals surface area contributed by atoms with Gasteiger partial charge in [-0.05, 0) is 25.0 Å². The van der Waals surface area contributed by atoms with Crippen LogP contribution in [0.4, 0.5) is 18.9 Å². The van der Waals surface area contributed by atoms with E-state index in [1.807, 2.05) is 30.3 Å². The summed E-state index contributed by atoms with van der Waals surface area (Å²) in [6.45, 7) is 1.71. The number of aromatic nitrogens is 1. The summed E-state index contributed by atoms with van der Waals surface area (Å²) >= 11 is 0. The van der Waals surface area contributed by atoms with Crippen LogP contribution < -0.4 is 11.1 Å². The van der Waals surface area contributed by atoms with Crippen molar-refractivity contribution in [2.45, 2.75) is 25.6 Å². The molecule has 1 atom stereocenters. The molecule has 0 unspecified atom stereocenters. The smallest absolute Gasteiger partial charge is 0.398 e. The first kappa shape index (κ1) is 16.8. The average molecular weight is 323 g/mol. The highest BCUT2D eigenvalue weighted by Gasteiger charge is 2.38. The van der Waals surface area contributed by atoms with Crippen molar-refractivity contribution in [1.82, 2.24) is 10.3 Å². The van der Waals surface area contributed by atoms with E-state index >= 15 is 0 Å². The molecule has 1 aromatic carbocycles. The van der Waals surface area contributed by atoms with Crippen LogP contribution in [0.1, 0.15) is 28.5 Å². The Morgan fingerprint density at radius 3 is 2.52 bits per heavy atom. The second-order valence-electron chi connectivity index (χ2n) is 5.19. The maximum Gasteiger partial charge on any atom is 0.434 e. The fraction of sp³-hybridized carbons (Fsp3) is 0.250. The number of nitrogens with two attached hydrogens (primary N) is 1. The van der Waals surface area contributed by atoms with Crippen LogP contribution in [0.2, 0.25) is 0 Å². The lowest BCUT2D eigenvalue weighted by Crippen LogP contribution is -2.36. The Bertz CT molecular complexity index is 687. The van der Waals surface area contributed by atoms with Crippen molar-refractivity contribution in [2.75, 3.05) is 5.73 Å². The summed E-state index contributed by atoms with van der Waals surface area (Å²) in [5.74, 6) is -0.883. The lowest BCUT2D eigenvalue weighted by Gasteiger charge is -2.17. The number of rotatable bonds is 4. The summed E-state index contributed by atoms with van der Waals surface area (Å²) in [5.41, 5.74) is 4.35. The second-order valence-corrected chi connectivity index (χ2v) is 5.19. The Kier molecular flexibility index (Phi) is 4.88. The molecule has 122 valence electrons. The van der Waals surface area contributed by atoms with Gasteiger partial charge < -0.3 is 11.1 Å². The van der Waals surface area contributed by atoms with Crippen LogP contribution in [0.15, 0.2) is 42.6 Å². The first-order valence-electron chi connectivity index (χ1n) is 6.95. The zero-order valence-electron chi connectivity index (χ0n) is 12.4. The largest absolute Gasteiger partial charge is 0.434 e. The minimum Gasteiger partial charge on any atom is -0.398 e. The number of pyridine rings is 1. The molecule has 1 amide bonds. The third-order valence-corrected chi connectivity index (χ3v) is 3.24. The third-order valence-electron chi connectivity index (χ3n) is 3.24. The molecule has 4 nitrogen and oxygen atoms in total. The van der Waals surface area contributed by atoms with Crippen LogP contribution in [-0.2, 0) is 12.6 Å². The van der Waals surface area contributed by atoms with E-state index in [9.17, 15) is 18.0 Å². The summed E-state index contributed by atoms with van der Waals surface area (Å²) in [6, 6.07) is 10.1. The van der Waals surface area contributed by atoms with Gasteiger partial charge in [-0.15, -0.1) is 0 Å². The van der Waals surface area contributed by atoms with E-state index in [1.165, 1.54) is 6.07 Å². The highest BCUT2D eigenvalue weighted by atomic mass is 19.4. The Hall–Kier alpha value is -2.57. The fourth-order valence-corrected chi connectivity index (χ4v) is 2.24. The van der Waals surface area contributed by atoms with Crippen molar-refractivity contribution >= 4 is 11.6 Å². The highest BCUT2D eigenvalue weighted by Crippen LogP contribution is 2.32. The average Bonchev–Trinajstić information content (AvgIpc) is 2.46. The lowest BCUT2D eigenvalue weighted by molar-refractivity contribution is -0.141. The molecular formula is C16H16F3N3O. The molecule has 0 saturated heterocycles. The normalized spacial score (nSPS) is 12.7. The maximum absolute atomic E-state index is 13.0. The van der Waals surface area contributed by atoms with Crippen LogP contribution >= 0.6 is 0 Å². The van der Waals surface area contributed by atoms with E-state index < -0.39 is 23.3 Å². The van der Waals surface area contributed by atoms with Crippen LogP contribution in [0.5, 0.6) is 0 Å². The van der Waals surface area contributed by atoms with E-state index in [2.05, 4.69) is 10.3 Å². The number of alkyl halides is 3. The van der Waals surface area contributed by atoms with Gasteiger partial charge in [0.15, 0.2) is 5.69 Å². The first-order chi connectivity index (χ1) is 10.8. The molecule has 0 fully saturated rings. The molecule has 2 aromatic rings. The number of carbonyl (C=O) groups excluding carboxylic acids is 1. The Labute approximate surface area is 131 Å². The van der Waals surface area contributed by atoms with Crippen molar-refractivity contribution in [3.63, 3.8) is 0 Å². The van der Waals surface area contributed by atoms with Crippen molar-refractivity contribution in [3.8, 4) is 0 Å². The number of nitrogens with one attached hydrogen (secondary N) is 1. The Balaban J connectivity index is 2.18. The van der Waals surface area contributed by atoms with Crippen molar-refractivity contribution < 1.29 is 18.0 Å². The molecule has 2 rings (SSSR count). The minimum absolute atomic E-state index is 0.253. The van der Waals surface area contributed by atoms with Gasteiger partial charge in [0.25, 0.3) is 5.91 Å². The number of hydrogen-bond acceptors (Lipinski definition) is 3. The number of amides is 1. The van der Waals surface area contributed by atoms with E-state index in [4.69, 9.17) is 5.73 Å². The maximum atomic E-state index is 13.0.